The van der Waals surface area contributed by atoms with Gasteiger partial charge in [0.05, 0.1) is 0 Å². The van der Waals surface area contributed by atoms with Gasteiger partial charge in [-0.25, -0.2) is 0 Å². The summed E-state index contributed by atoms with van der Waals surface area (Å²) in [7, 11) is 1.77. The van der Waals surface area contributed by atoms with Crippen molar-refractivity contribution in [1.82, 2.24) is 16.0 Å². The zero-order valence-electron chi connectivity index (χ0n) is 17.1. The highest BCUT2D eigenvalue weighted by molar-refractivity contribution is 14.0. The van der Waals surface area contributed by atoms with Crippen LogP contribution in [0.25, 0.3) is 0 Å². The van der Waals surface area contributed by atoms with Gasteiger partial charge < -0.3 is 20.7 Å². The summed E-state index contributed by atoms with van der Waals surface area (Å²) in [5.74, 6) is 0.763. The first-order valence-corrected chi connectivity index (χ1v) is 10.0. The molecule has 0 aromatic heterocycles. The van der Waals surface area contributed by atoms with E-state index in [2.05, 4.69) is 22.9 Å². The fourth-order valence-electron chi connectivity index (χ4n) is 3.57. The molecule has 0 heterocycles. The molecule has 0 spiro atoms. The number of nitrogens with zero attached hydrogens (tertiary/aromatic N) is 1. The summed E-state index contributed by atoms with van der Waals surface area (Å²) in [6, 6.07) is 9.27. The van der Waals surface area contributed by atoms with Gasteiger partial charge in [0.2, 0.25) is 0 Å². The van der Waals surface area contributed by atoms with Crippen molar-refractivity contribution in [2.45, 2.75) is 39.0 Å². The van der Waals surface area contributed by atoms with Gasteiger partial charge in [-0.2, -0.15) is 0 Å². The maximum absolute atomic E-state index is 12.1. The Morgan fingerprint density at radius 2 is 1.79 bits per heavy atom. The van der Waals surface area contributed by atoms with Gasteiger partial charge in [-0.15, -0.1) is 24.0 Å². The van der Waals surface area contributed by atoms with E-state index in [1.165, 1.54) is 25.7 Å². The molecule has 1 aromatic carbocycles. The molecule has 7 heteroatoms. The number of guanidine groups is 1. The van der Waals surface area contributed by atoms with E-state index >= 15 is 0 Å². The van der Waals surface area contributed by atoms with Crippen molar-refractivity contribution in [3.8, 4) is 0 Å². The van der Waals surface area contributed by atoms with Crippen LogP contribution in [-0.4, -0.2) is 51.8 Å². The average molecular weight is 502 g/mol. The molecular formula is C21H35IN4O2. The molecule has 0 radical (unpaired) electrons. The highest BCUT2D eigenvalue weighted by Gasteiger charge is 2.33. The van der Waals surface area contributed by atoms with Crippen molar-refractivity contribution >= 4 is 35.8 Å². The first-order chi connectivity index (χ1) is 13.2. The lowest BCUT2D eigenvalue weighted by molar-refractivity contribution is 0.0954. The summed E-state index contributed by atoms with van der Waals surface area (Å²) >= 11 is 0. The number of hydrogen-bond acceptors (Lipinski definition) is 3. The van der Waals surface area contributed by atoms with Crippen molar-refractivity contribution in [1.29, 1.82) is 0 Å². The summed E-state index contributed by atoms with van der Waals surface area (Å²) in [6.07, 6.45) is 6.10. The summed E-state index contributed by atoms with van der Waals surface area (Å²) in [5.41, 5.74) is 0.958. The maximum atomic E-state index is 12.1. The Hall–Kier alpha value is -1.35. The van der Waals surface area contributed by atoms with E-state index in [1.807, 2.05) is 30.3 Å². The molecule has 0 unspecified atom stereocenters. The van der Waals surface area contributed by atoms with Crippen LogP contribution in [-0.2, 0) is 4.74 Å². The molecule has 0 bridgehead atoms. The number of ether oxygens (including phenoxy) is 1. The van der Waals surface area contributed by atoms with Crippen LogP contribution in [0.5, 0.6) is 0 Å². The molecule has 1 aliphatic carbocycles. The number of methoxy groups -OCH3 is 1. The molecule has 6 nitrogen and oxygen atoms in total. The lowest BCUT2D eigenvalue weighted by atomic mass is 9.83. The summed E-state index contributed by atoms with van der Waals surface area (Å²) in [5, 5.41) is 9.54. The molecule has 0 saturated heterocycles. The van der Waals surface area contributed by atoms with E-state index in [4.69, 9.17) is 9.73 Å². The molecule has 0 aliphatic heterocycles. The Morgan fingerprint density at radius 1 is 1.11 bits per heavy atom. The SMILES string of the molecule is CCNC(=NCC1(CCOC)CCCC1)NCCNC(=O)c1ccccc1.I. The number of benzene rings is 1. The van der Waals surface area contributed by atoms with Crippen LogP contribution in [0.1, 0.15) is 49.4 Å². The minimum absolute atomic E-state index is 0. The Labute approximate surface area is 186 Å². The largest absolute Gasteiger partial charge is 0.385 e. The van der Waals surface area contributed by atoms with E-state index in [0.29, 0.717) is 18.7 Å². The predicted molar refractivity (Wildman–Crippen MR) is 126 cm³/mol. The third kappa shape index (κ3) is 8.34. The van der Waals surface area contributed by atoms with Crippen LogP contribution in [0, 0.1) is 5.41 Å². The molecule has 28 heavy (non-hydrogen) atoms. The van der Waals surface area contributed by atoms with Crippen molar-refractivity contribution in [3.63, 3.8) is 0 Å². The smallest absolute Gasteiger partial charge is 0.251 e. The van der Waals surface area contributed by atoms with Crippen molar-refractivity contribution < 1.29 is 9.53 Å². The molecule has 0 atom stereocenters. The minimum atomic E-state index is -0.0520. The molecule has 1 aromatic rings. The Kier molecular flexibility index (Phi) is 12.1. The van der Waals surface area contributed by atoms with Crippen LogP contribution in [0.3, 0.4) is 0 Å². The van der Waals surface area contributed by atoms with Gasteiger partial charge in [-0.05, 0) is 43.7 Å². The van der Waals surface area contributed by atoms with Crippen molar-refractivity contribution in [2.24, 2.45) is 10.4 Å². The summed E-state index contributed by atoms with van der Waals surface area (Å²) in [4.78, 5) is 16.9. The lowest BCUT2D eigenvalue weighted by Gasteiger charge is -2.27. The van der Waals surface area contributed by atoms with Gasteiger partial charge in [0.25, 0.3) is 5.91 Å². The normalized spacial score (nSPS) is 15.6. The van der Waals surface area contributed by atoms with E-state index in [-0.39, 0.29) is 35.3 Å². The van der Waals surface area contributed by atoms with Gasteiger partial charge in [-0.3, -0.25) is 9.79 Å². The minimum Gasteiger partial charge on any atom is -0.385 e. The van der Waals surface area contributed by atoms with Crippen LogP contribution in [0.2, 0.25) is 0 Å². The van der Waals surface area contributed by atoms with Crippen molar-refractivity contribution in [3.05, 3.63) is 35.9 Å². The van der Waals surface area contributed by atoms with Gasteiger partial charge in [0, 0.05) is 45.5 Å². The van der Waals surface area contributed by atoms with Gasteiger partial charge in [0.15, 0.2) is 5.96 Å². The number of halogens is 1. The molecule has 1 amide bonds. The van der Waals surface area contributed by atoms with Crippen molar-refractivity contribution in [2.75, 3.05) is 39.9 Å². The standard InChI is InChI=1S/C21H34N4O2.HI/c1-3-22-20(25-17-21(13-16-27-2)11-7-8-12-21)24-15-14-23-19(26)18-9-5-4-6-10-18;/h4-6,9-10H,3,7-8,11-17H2,1-2H3,(H,23,26)(H2,22,24,25);1H. The molecule has 3 N–H and O–H groups in total. The predicted octanol–water partition coefficient (Wildman–Crippen LogP) is 3.19. The third-order valence-electron chi connectivity index (χ3n) is 5.16. The fourth-order valence-corrected chi connectivity index (χ4v) is 3.57. The van der Waals surface area contributed by atoms with E-state index in [1.54, 1.807) is 7.11 Å². The van der Waals surface area contributed by atoms with Crippen LogP contribution >= 0.6 is 24.0 Å². The number of nitrogens with one attached hydrogen (secondary N) is 3. The summed E-state index contributed by atoms with van der Waals surface area (Å²) < 4.78 is 5.30. The first kappa shape index (κ1) is 24.7. The second kappa shape index (κ2) is 13.8. The molecule has 1 saturated carbocycles. The third-order valence-corrected chi connectivity index (χ3v) is 5.16. The van der Waals surface area contributed by atoms with Crippen LogP contribution < -0.4 is 16.0 Å². The zero-order chi connectivity index (χ0) is 19.4. The second-order valence-electron chi connectivity index (χ2n) is 7.19. The molecule has 158 valence electrons. The number of carbonyl (C=O) groups is 1. The van der Waals surface area contributed by atoms with Gasteiger partial charge in [-0.1, -0.05) is 31.0 Å². The topological polar surface area (TPSA) is 74.8 Å². The van der Waals surface area contributed by atoms with E-state index in [9.17, 15) is 4.79 Å². The van der Waals surface area contributed by atoms with E-state index in [0.717, 1.165) is 32.1 Å². The Balaban J connectivity index is 0.00000392. The van der Waals surface area contributed by atoms with Gasteiger partial charge >= 0.3 is 0 Å². The Morgan fingerprint density at radius 3 is 2.43 bits per heavy atom. The maximum Gasteiger partial charge on any atom is 0.251 e. The quantitative estimate of drug-likeness (QED) is 0.199. The number of rotatable bonds is 10. The number of aliphatic imine (C=N–C) groups is 1. The van der Waals surface area contributed by atoms with E-state index < -0.39 is 0 Å². The highest BCUT2D eigenvalue weighted by atomic mass is 127. The lowest BCUT2D eigenvalue weighted by Crippen LogP contribution is -2.42. The monoisotopic (exact) mass is 502 g/mol. The van der Waals surface area contributed by atoms with Crippen LogP contribution in [0.15, 0.2) is 35.3 Å². The summed E-state index contributed by atoms with van der Waals surface area (Å²) in [6.45, 7) is 5.67. The molecule has 1 aliphatic rings. The number of carbonyl (C=O) groups excluding carboxylic acids is 1. The van der Waals surface area contributed by atoms with Gasteiger partial charge in [0.1, 0.15) is 0 Å². The fraction of sp³-hybridized carbons (Fsp3) is 0.619. The van der Waals surface area contributed by atoms with Crippen LogP contribution in [0.4, 0.5) is 0 Å². The molecular weight excluding hydrogens is 467 g/mol. The Bertz CT molecular complexity index is 589. The number of hydrogen-bond donors (Lipinski definition) is 3. The highest BCUT2D eigenvalue weighted by Crippen LogP contribution is 2.41. The zero-order valence-corrected chi connectivity index (χ0v) is 19.5. The first-order valence-electron chi connectivity index (χ1n) is 10.0. The average Bonchev–Trinajstić information content (AvgIpc) is 3.17. The molecule has 2 rings (SSSR count). The second-order valence-corrected chi connectivity index (χ2v) is 7.19. The molecule has 1 fully saturated rings. The number of amides is 1.